The number of halogens is 1. The number of carbonyl (C=O) groups is 1. The van der Waals surface area contributed by atoms with E-state index < -0.39 is 0 Å². The van der Waals surface area contributed by atoms with Gasteiger partial charge >= 0.3 is 0 Å². The van der Waals surface area contributed by atoms with Crippen molar-refractivity contribution >= 4 is 23.1 Å². The Labute approximate surface area is 108 Å². The van der Waals surface area contributed by atoms with Crippen molar-refractivity contribution in [2.45, 2.75) is 27.2 Å². The fourth-order valence-corrected chi connectivity index (χ4v) is 2.63. The first kappa shape index (κ1) is 12.4. The number of aryl methyl sites for hydroxylation is 1. The molecule has 0 saturated carbocycles. The molecule has 2 nitrogen and oxygen atoms in total. The molecule has 0 amide bonds. The summed E-state index contributed by atoms with van der Waals surface area (Å²) in [5.41, 5.74) is 2.11. The normalized spacial score (nSPS) is 19.5. The molecule has 1 fully saturated rings. The van der Waals surface area contributed by atoms with E-state index in [0.717, 1.165) is 18.1 Å². The van der Waals surface area contributed by atoms with Gasteiger partial charge in [-0.25, -0.2) is 0 Å². The summed E-state index contributed by atoms with van der Waals surface area (Å²) in [6, 6.07) is 5.93. The van der Waals surface area contributed by atoms with Crippen LogP contribution < -0.4 is 4.90 Å². The highest BCUT2D eigenvalue weighted by Gasteiger charge is 2.34. The highest BCUT2D eigenvalue weighted by molar-refractivity contribution is 6.30. The van der Waals surface area contributed by atoms with Crippen molar-refractivity contribution < 1.29 is 4.79 Å². The number of piperidine rings is 1. The molecule has 0 radical (unpaired) electrons. The van der Waals surface area contributed by atoms with Crippen LogP contribution in [0, 0.1) is 12.3 Å². The Hall–Kier alpha value is -1.02. The lowest BCUT2D eigenvalue weighted by molar-refractivity contribution is -0.127. The van der Waals surface area contributed by atoms with Crippen LogP contribution in [0.3, 0.4) is 0 Å². The Balaban J connectivity index is 2.27. The highest BCUT2D eigenvalue weighted by atomic mass is 35.5. The monoisotopic (exact) mass is 251 g/mol. The topological polar surface area (TPSA) is 20.3 Å². The van der Waals surface area contributed by atoms with Gasteiger partial charge < -0.3 is 4.90 Å². The fraction of sp³-hybridized carbons (Fsp3) is 0.500. The molecular formula is C14H18ClNO. The summed E-state index contributed by atoms with van der Waals surface area (Å²) in [4.78, 5) is 14.1. The summed E-state index contributed by atoms with van der Waals surface area (Å²) in [6.07, 6.45) is 0.634. The number of nitrogens with zero attached hydrogens (tertiary/aromatic N) is 1. The highest BCUT2D eigenvalue weighted by Crippen LogP contribution is 2.31. The maximum atomic E-state index is 11.8. The van der Waals surface area contributed by atoms with Gasteiger partial charge in [-0.2, -0.15) is 0 Å². The van der Waals surface area contributed by atoms with Crippen molar-refractivity contribution in [2.75, 3.05) is 18.0 Å². The predicted molar refractivity (Wildman–Crippen MR) is 71.8 cm³/mol. The second-order valence-corrected chi connectivity index (χ2v) is 5.85. The molecule has 0 unspecified atom stereocenters. The van der Waals surface area contributed by atoms with Crippen LogP contribution in [-0.4, -0.2) is 18.9 Å². The van der Waals surface area contributed by atoms with Crippen LogP contribution in [0.15, 0.2) is 18.2 Å². The second kappa shape index (κ2) is 4.34. The third kappa shape index (κ3) is 2.47. The average molecular weight is 252 g/mol. The predicted octanol–water partition coefficient (Wildman–Crippen LogP) is 3.45. The molecule has 1 aliphatic heterocycles. The number of hydrogen-bond acceptors (Lipinski definition) is 2. The average Bonchev–Trinajstić information content (AvgIpc) is 2.22. The number of rotatable bonds is 1. The van der Waals surface area contributed by atoms with Gasteiger partial charge in [-0.3, -0.25) is 4.79 Å². The van der Waals surface area contributed by atoms with Crippen molar-refractivity contribution in [3.05, 3.63) is 28.8 Å². The maximum Gasteiger partial charge on any atom is 0.142 e. The molecule has 0 N–H and O–H groups in total. The van der Waals surface area contributed by atoms with Gasteiger partial charge in [0.1, 0.15) is 5.78 Å². The summed E-state index contributed by atoms with van der Waals surface area (Å²) in [5, 5.41) is 0.763. The van der Waals surface area contributed by atoms with Crippen molar-refractivity contribution in [3.63, 3.8) is 0 Å². The maximum absolute atomic E-state index is 11.8. The number of ketones is 1. The molecule has 1 aromatic rings. The van der Waals surface area contributed by atoms with Gasteiger partial charge in [-0.05, 0) is 30.7 Å². The van der Waals surface area contributed by atoms with Crippen molar-refractivity contribution in [1.29, 1.82) is 0 Å². The molecule has 2 rings (SSSR count). The fourth-order valence-electron chi connectivity index (χ4n) is 2.40. The van der Waals surface area contributed by atoms with Crippen LogP contribution in [0.4, 0.5) is 5.69 Å². The van der Waals surface area contributed by atoms with E-state index >= 15 is 0 Å². The molecule has 1 heterocycles. The summed E-state index contributed by atoms with van der Waals surface area (Å²) in [6.45, 7) is 7.70. The molecule has 3 heteroatoms. The standard InChI is InChI=1S/C14H18ClNO/c1-10-8-11(15)4-5-12(10)16-7-6-13(17)14(2,3)9-16/h4-5,8H,6-7,9H2,1-3H3. The zero-order chi connectivity index (χ0) is 12.6. The minimum atomic E-state index is -0.246. The summed E-state index contributed by atoms with van der Waals surface area (Å²) in [5.74, 6) is 0.361. The van der Waals surface area contributed by atoms with E-state index in [0.29, 0.717) is 12.2 Å². The van der Waals surface area contributed by atoms with Gasteiger partial charge in [-0.1, -0.05) is 25.4 Å². The quantitative estimate of drug-likeness (QED) is 0.762. The third-order valence-corrected chi connectivity index (χ3v) is 3.68. The van der Waals surface area contributed by atoms with E-state index in [1.54, 1.807) is 0 Å². The van der Waals surface area contributed by atoms with Crippen LogP contribution >= 0.6 is 11.6 Å². The Kier molecular flexibility index (Phi) is 3.17. The SMILES string of the molecule is Cc1cc(Cl)ccc1N1CCC(=O)C(C)(C)C1. The lowest BCUT2D eigenvalue weighted by Crippen LogP contribution is -2.46. The van der Waals surface area contributed by atoms with Crippen LogP contribution in [0.5, 0.6) is 0 Å². The first-order chi connectivity index (χ1) is 7.90. The Bertz CT molecular complexity index is 454. The summed E-state index contributed by atoms with van der Waals surface area (Å²) >= 11 is 5.96. The Morgan fingerprint density at radius 1 is 1.35 bits per heavy atom. The molecule has 0 spiro atoms. The molecule has 0 aromatic heterocycles. The van der Waals surface area contributed by atoms with Gasteiger partial charge in [0.25, 0.3) is 0 Å². The van der Waals surface area contributed by atoms with Crippen LogP contribution in [0.2, 0.25) is 5.02 Å². The molecular weight excluding hydrogens is 234 g/mol. The molecule has 0 bridgehead atoms. The van der Waals surface area contributed by atoms with Gasteiger partial charge in [0.2, 0.25) is 0 Å². The van der Waals surface area contributed by atoms with E-state index in [-0.39, 0.29) is 5.41 Å². The smallest absolute Gasteiger partial charge is 0.142 e. The Morgan fingerprint density at radius 3 is 2.65 bits per heavy atom. The zero-order valence-electron chi connectivity index (χ0n) is 10.6. The number of benzene rings is 1. The number of anilines is 1. The molecule has 1 aliphatic rings. The van der Waals surface area contributed by atoms with Crippen molar-refractivity contribution in [2.24, 2.45) is 5.41 Å². The number of carbonyl (C=O) groups excluding carboxylic acids is 1. The van der Waals surface area contributed by atoms with Gasteiger partial charge in [0.05, 0.1) is 0 Å². The molecule has 1 saturated heterocycles. The Morgan fingerprint density at radius 2 is 2.06 bits per heavy atom. The zero-order valence-corrected chi connectivity index (χ0v) is 11.3. The molecule has 0 aliphatic carbocycles. The molecule has 0 atom stereocenters. The van der Waals surface area contributed by atoms with E-state index in [9.17, 15) is 4.79 Å². The second-order valence-electron chi connectivity index (χ2n) is 5.41. The first-order valence-electron chi connectivity index (χ1n) is 5.94. The van der Waals surface area contributed by atoms with Gasteiger partial charge in [0.15, 0.2) is 0 Å². The first-order valence-corrected chi connectivity index (χ1v) is 6.32. The molecule has 1 aromatic carbocycles. The number of hydrogen-bond donors (Lipinski definition) is 0. The van der Waals surface area contributed by atoms with Crippen LogP contribution in [-0.2, 0) is 4.79 Å². The third-order valence-electron chi connectivity index (χ3n) is 3.45. The number of Topliss-reactive ketones (excluding diaryl/α,β-unsaturated/α-hetero) is 1. The lowest BCUT2D eigenvalue weighted by Gasteiger charge is -2.38. The minimum absolute atomic E-state index is 0.246. The largest absolute Gasteiger partial charge is 0.370 e. The molecule has 17 heavy (non-hydrogen) atoms. The molecule has 92 valence electrons. The van der Waals surface area contributed by atoms with Gasteiger partial charge in [0, 0.05) is 35.6 Å². The van der Waals surface area contributed by atoms with E-state index in [4.69, 9.17) is 11.6 Å². The van der Waals surface area contributed by atoms with Crippen LogP contribution in [0.1, 0.15) is 25.8 Å². The minimum Gasteiger partial charge on any atom is -0.370 e. The van der Waals surface area contributed by atoms with Crippen LogP contribution in [0.25, 0.3) is 0 Å². The summed E-state index contributed by atoms with van der Waals surface area (Å²) < 4.78 is 0. The van der Waals surface area contributed by atoms with E-state index in [2.05, 4.69) is 11.8 Å². The van der Waals surface area contributed by atoms with E-state index in [1.165, 1.54) is 11.3 Å². The van der Waals surface area contributed by atoms with Crippen molar-refractivity contribution in [3.8, 4) is 0 Å². The summed E-state index contributed by atoms with van der Waals surface area (Å²) in [7, 11) is 0. The lowest BCUT2D eigenvalue weighted by atomic mass is 9.82. The van der Waals surface area contributed by atoms with E-state index in [1.807, 2.05) is 32.0 Å². The van der Waals surface area contributed by atoms with Gasteiger partial charge in [-0.15, -0.1) is 0 Å². The van der Waals surface area contributed by atoms with Crippen molar-refractivity contribution in [1.82, 2.24) is 0 Å².